The molecular formula is C12H24N4O. The Labute approximate surface area is 103 Å². The smallest absolute Gasteiger partial charge is 0.177 e. The number of hydrogen-bond donors (Lipinski definition) is 1. The minimum atomic E-state index is -0.717. The molecule has 0 radical (unpaired) electrons. The highest BCUT2D eigenvalue weighted by Gasteiger charge is 2.31. The van der Waals surface area contributed by atoms with Crippen LogP contribution in [-0.2, 0) is 13.5 Å². The van der Waals surface area contributed by atoms with Crippen LogP contribution in [0.25, 0.3) is 0 Å². The van der Waals surface area contributed by atoms with Crippen LogP contribution in [-0.4, -0.2) is 30.9 Å². The van der Waals surface area contributed by atoms with E-state index in [9.17, 15) is 5.11 Å². The minimum absolute atomic E-state index is 0.454. The van der Waals surface area contributed by atoms with Crippen LogP contribution in [0.5, 0.6) is 0 Å². The van der Waals surface area contributed by atoms with Crippen molar-refractivity contribution in [2.45, 2.75) is 52.6 Å². The van der Waals surface area contributed by atoms with Crippen LogP contribution in [0.3, 0.4) is 0 Å². The molecule has 0 aliphatic carbocycles. The van der Waals surface area contributed by atoms with Crippen molar-refractivity contribution in [2.24, 2.45) is 18.9 Å². The lowest BCUT2D eigenvalue weighted by Gasteiger charge is -2.30. The molecule has 17 heavy (non-hydrogen) atoms. The van der Waals surface area contributed by atoms with E-state index in [1.54, 1.807) is 7.05 Å². The molecule has 0 aromatic carbocycles. The fourth-order valence-electron chi connectivity index (χ4n) is 2.44. The van der Waals surface area contributed by atoms with E-state index in [1.807, 2.05) is 0 Å². The molecule has 0 spiro atoms. The lowest BCUT2D eigenvalue weighted by Crippen LogP contribution is -2.35. The zero-order chi connectivity index (χ0) is 13.1. The molecule has 98 valence electrons. The van der Waals surface area contributed by atoms with E-state index in [-0.39, 0.29) is 0 Å². The van der Waals surface area contributed by atoms with Crippen molar-refractivity contribution in [1.82, 2.24) is 20.2 Å². The zero-order valence-corrected chi connectivity index (χ0v) is 11.5. The van der Waals surface area contributed by atoms with E-state index in [0.717, 1.165) is 12.8 Å². The molecule has 1 aromatic rings. The van der Waals surface area contributed by atoms with Crippen LogP contribution in [0.15, 0.2) is 0 Å². The van der Waals surface area contributed by atoms with E-state index in [1.165, 1.54) is 4.80 Å². The van der Waals surface area contributed by atoms with Crippen molar-refractivity contribution in [3.63, 3.8) is 0 Å². The molecule has 0 fully saturated rings. The van der Waals surface area contributed by atoms with Gasteiger partial charge in [-0.1, -0.05) is 27.7 Å². The molecule has 0 saturated heterocycles. The van der Waals surface area contributed by atoms with E-state index < -0.39 is 5.60 Å². The van der Waals surface area contributed by atoms with Gasteiger partial charge in [0.15, 0.2) is 5.82 Å². The highest BCUT2D eigenvalue weighted by Crippen LogP contribution is 2.27. The molecule has 0 aliphatic rings. The first kappa shape index (κ1) is 14.1. The van der Waals surface area contributed by atoms with Gasteiger partial charge in [0.2, 0.25) is 0 Å². The molecule has 0 bridgehead atoms. The largest absolute Gasteiger partial charge is 0.389 e. The molecule has 0 atom stereocenters. The Kier molecular flexibility index (Phi) is 4.62. The highest BCUT2D eigenvalue weighted by molar-refractivity contribution is 4.92. The third-order valence-electron chi connectivity index (χ3n) is 2.61. The number of aliphatic hydroxyl groups is 1. The Morgan fingerprint density at radius 3 is 2.06 bits per heavy atom. The molecule has 1 N–H and O–H groups in total. The van der Waals surface area contributed by atoms with Gasteiger partial charge in [0.1, 0.15) is 0 Å². The van der Waals surface area contributed by atoms with Gasteiger partial charge in [0.05, 0.1) is 12.6 Å². The Balaban J connectivity index is 2.75. The van der Waals surface area contributed by atoms with Gasteiger partial charge in [-0.2, -0.15) is 4.80 Å². The Hall–Kier alpha value is -0.970. The van der Waals surface area contributed by atoms with Gasteiger partial charge in [0, 0.05) is 6.42 Å². The van der Waals surface area contributed by atoms with Crippen molar-refractivity contribution in [3.05, 3.63) is 5.82 Å². The number of rotatable bonds is 6. The van der Waals surface area contributed by atoms with Crippen molar-refractivity contribution < 1.29 is 5.11 Å². The summed E-state index contributed by atoms with van der Waals surface area (Å²) in [4.78, 5) is 1.43. The SMILES string of the molecule is CC(C)CC(O)(Cc1nnn(C)n1)CC(C)C. The van der Waals surface area contributed by atoms with Gasteiger partial charge in [-0.15, -0.1) is 10.2 Å². The number of nitrogens with zero attached hydrogens (tertiary/aromatic N) is 4. The minimum Gasteiger partial charge on any atom is -0.389 e. The summed E-state index contributed by atoms with van der Waals surface area (Å²) in [7, 11) is 1.74. The van der Waals surface area contributed by atoms with Crippen LogP contribution in [0.4, 0.5) is 0 Å². The lowest BCUT2D eigenvalue weighted by molar-refractivity contribution is -0.000984. The first-order chi connectivity index (χ1) is 7.81. The maximum Gasteiger partial charge on any atom is 0.177 e. The quantitative estimate of drug-likeness (QED) is 0.820. The second kappa shape index (κ2) is 5.58. The summed E-state index contributed by atoms with van der Waals surface area (Å²) >= 11 is 0. The highest BCUT2D eigenvalue weighted by atomic mass is 16.3. The molecule has 1 rings (SSSR count). The standard InChI is InChI=1S/C12H24N4O/c1-9(2)6-12(17,7-10(3)4)8-11-13-15-16(5)14-11/h9-10,17H,6-8H2,1-5H3. The molecule has 0 unspecified atom stereocenters. The van der Waals surface area contributed by atoms with Crippen LogP contribution in [0.1, 0.15) is 46.4 Å². The molecule has 0 amide bonds. The fraction of sp³-hybridized carbons (Fsp3) is 0.917. The number of tetrazole rings is 1. The zero-order valence-electron chi connectivity index (χ0n) is 11.5. The monoisotopic (exact) mass is 240 g/mol. The lowest BCUT2D eigenvalue weighted by atomic mass is 9.82. The molecule has 5 heteroatoms. The Morgan fingerprint density at radius 2 is 1.71 bits per heavy atom. The van der Waals surface area contributed by atoms with Crippen molar-refractivity contribution in [3.8, 4) is 0 Å². The van der Waals surface area contributed by atoms with Gasteiger partial charge in [-0.25, -0.2) is 0 Å². The van der Waals surface area contributed by atoms with E-state index in [4.69, 9.17) is 0 Å². The maximum absolute atomic E-state index is 10.7. The van der Waals surface area contributed by atoms with Crippen LogP contribution < -0.4 is 0 Å². The second-order valence-corrected chi connectivity index (χ2v) is 5.79. The Bertz CT molecular complexity index is 336. The molecular weight excluding hydrogens is 216 g/mol. The molecule has 1 aromatic heterocycles. The van der Waals surface area contributed by atoms with Gasteiger partial charge < -0.3 is 5.11 Å². The fourth-order valence-corrected chi connectivity index (χ4v) is 2.44. The van der Waals surface area contributed by atoms with Crippen LogP contribution in [0.2, 0.25) is 0 Å². The number of aryl methyl sites for hydroxylation is 1. The molecule has 1 heterocycles. The summed E-state index contributed by atoms with van der Waals surface area (Å²) in [6.45, 7) is 8.48. The number of aromatic nitrogens is 4. The third kappa shape index (κ3) is 4.81. The molecule has 0 saturated carbocycles. The Morgan fingerprint density at radius 1 is 1.18 bits per heavy atom. The van der Waals surface area contributed by atoms with Gasteiger partial charge in [-0.3, -0.25) is 0 Å². The van der Waals surface area contributed by atoms with Crippen LogP contribution >= 0.6 is 0 Å². The summed E-state index contributed by atoms with van der Waals surface area (Å²) in [6, 6.07) is 0. The predicted octanol–water partition coefficient (Wildman–Crippen LogP) is 1.58. The summed E-state index contributed by atoms with van der Waals surface area (Å²) in [5, 5.41) is 22.6. The predicted molar refractivity (Wildman–Crippen MR) is 66.4 cm³/mol. The first-order valence-electron chi connectivity index (χ1n) is 6.26. The number of hydrogen-bond acceptors (Lipinski definition) is 4. The van der Waals surface area contributed by atoms with E-state index in [2.05, 4.69) is 43.1 Å². The summed E-state index contributed by atoms with van der Waals surface area (Å²) < 4.78 is 0. The van der Waals surface area contributed by atoms with E-state index in [0.29, 0.717) is 24.1 Å². The van der Waals surface area contributed by atoms with Crippen LogP contribution in [0, 0.1) is 11.8 Å². The molecule has 5 nitrogen and oxygen atoms in total. The first-order valence-corrected chi connectivity index (χ1v) is 6.26. The van der Waals surface area contributed by atoms with Gasteiger partial charge in [-0.05, 0) is 29.9 Å². The average Bonchev–Trinajstić information content (AvgIpc) is 2.46. The maximum atomic E-state index is 10.7. The normalized spacial score (nSPS) is 12.7. The van der Waals surface area contributed by atoms with E-state index >= 15 is 0 Å². The average molecular weight is 240 g/mol. The topological polar surface area (TPSA) is 63.8 Å². The van der Waals surface area contributed by atoms with Crippen molar-refractivity contribution >= 4 is 0 Å². The summed E-state index contributed by atoms with van der Waals surface area (Å²) in [6.07, 6.45) is 2.02. The van der Waals surface area contributed by atoms with Gasteiger partial charge >= 0.3 is 0 Å². The summed E-state index contributed by atoms with van der Waals surface area (Å²) in [5.74, 6) is 1.53. The third-order valence-corrected chi connectivity index (χ3v) is 2.61. The van der Waals surface area contributed by atoms with Gasteiger partial charge in [0.25, 0.3) is 0 Å². The van der Waals surface area contributed by atoms with Crippen molar-refractivity contribution in [1.29, 1.82) is 0 Å². The van der Waals surface area contributed by atoms with Crippen molar-refractivity contribution in [2.75, 3.05) is 0 Å². The second-order valence-electron chi connectivity index (χ2n) is 5.79. The molecule has 0 aliphatic heterocycles. The summed E-state index contributed by atoms with van der Waals surface area (Å²) in [5.41, 5.74) is -0.717.